The lowest BCUT2D eigenvalue weighted by Crippen LogP contribution is -2.38. The van der Waals surface area contributed by atoms with Gasteiger partial charge in [0.2, 0.25) is 0 Å². The Morgan fingerprint density at radius 1 is 1.19 bits per heavy atom. The van der Waals surface area contributed by atoms with Crippen molar-refractivity contribution in [1.29, 1.82) is 0 Å². The minimum absolute atomic E-state index is 0.000284. The Balaban J connectivity index is 2.47. The smallest absolute Gasteiger partial charge is 0.307 e. The monoisotopic (exact) mass is 293 g/mol. The summed E-state index contributed by atoms with van der Waals surface area (Å²) in [5.74, 6) is -0.155. The highest BCUT2D eigenvalue weighted by Gasteiger charge is 2.13. The van der Waals surface area contributed by atoms with Crippen molar-refractivity contribution < 1.29 is 14.6 Å². The van der Waals surface area contributed by atoms with E-state index in [1.54, 1.807) is 6.07 Å². The van der Waals surface area contributed by atoms with E-state index in [9.17, 15) is 4.79 Å². The van der Waals surface area contributed by atoms with Gasteiger partial charge in [0.15, 0.2) is 0 Å². The summed E-state index contributed by atoms with van der Waals surface area (Å²) in [6, 6.07) is 8.38. The van der Waals surface area contributed by atoms with Crippen LogP contribution in [0, 0.1) is 0 Å². The first-order chi connectivity index (χ1) is 9.91. The lowest BCUT2D eigenvalue weighted by Gasteiger charge is -2.30. The molecule has 0 saturated carbocycles. The van der Waals surface area contributed by atoms with Gasteiger partial charge in [-0.25, -0.2) is 0 Å². The van der Waals surface area contributed by atoms with E-state index >= 15 is 0 Å². The molecule has 0 aromatic heterocycles. The van der Waals surface area contributed by atoms with Crippen LogP contribution in [0.4, 0.5) is 0 Å². The highest BCUT2D eigenvalue weighted by molar-refractivity contribution is 5.71. The first-order valence-corrected chi connectivity index (χ1v) is 7.60. The Morgan fingerprint density at radius 2 is 1.81 bits per heavy atom. The van der Waals surface area contributed by atoms with E-state index in [-0.39, 0.29) is 6.42 Å². The predicted octanol–water partition coefficient (Wildman–Crippen LogP) is 3.20. The van der Waals surface area contributed by atoms with Gasteiger partial charge in [0.1, 0.15) is 5.75 Å². The summed E-state index contributed by atoms with van der Waals surface area (Å²) >= 11 is 0. The molecule has 4 nitrogen and oxygen atoms in total. The Hall–Kier alpha value is -1.55. The number of ether oxygens (including phenoxy) is 1. The van der Waals surface area contributed by atoms with E-state index in [1.807, 2.05) is 18.2 Å². The number of para-hydroxylation sites is 1. The van der Waals surface area contributed by atoms with E-state index < -0.39 is 5.97 Å². The minimum Gasteiger partial charge on any atom is -0.493 e. The highest BCUT2D eigenvalue weighted by atomic mass is 16.5. The Morgan fingerprint density at radius 3 is 2.38 bits per heavy atom. The number of hydrogen-bond acceptors (Lipinski definition) is 3. The van der Waals surface area contributed by atoms with Crippen molar-refractivity contribution in [3.05, 3.63) is 29.8 Å². The van der Waals surface area contributed by atoms with Gasteiger partial charge < -0.3 is 9.84 Å². The van der Waals surface area contributed by atoms with Crippen molar-refractivity contribution in [1.82, 2.24) is 4.90 Å². The maximum Gasteiger partial charge on any atom is 0.307 e. The van der Waals surface area contributed by atoms with Crippen LogP contribution in [0.2, 0.25) is 0 Å². The van der Waals surface area contributed by atoms with Gasteiger partial charge in [-0.2, -0.15) is 0 Å². The summed E-state index contributed by atoms with van der Waals surface area (Å²) in [7, 11) is 0. The number of aliphatic carboxylic acids is 1. The third kappa shape index (κ3) is 6.17. The predicted molar refractivity (Wildman–Crippen MR) is 84.9 cm³/mol. The van der Waals surface area contributed by atoms with Gasteiger partial charge in [0.25, 0.3) is 0 Å². The summed E-state index contributed by atoms with van der Waals surface area (Å²) in [5.41, 5.74) is 0.731. The van der Waals surface area contributed by atoms with Crippen molar-refractivity contribution in [2.45, 2.75) is 52.6 Å². The second kappa shape index (κ2) is 8.67. The quantitative estimate of drug-likeness (QED) is 0.710. The largest absolute Gasteiger partial charge is 0.493 e. The number of carboxylic acid groups (broad SMARTS) is 1. The zero-order valence-corrected chi connectivity index (χ0v) is 13.5. The molecular formula is C17H27NO3. The number of hydrogen-bond donors (Lipinski definition) is 1. The molecule has 1 N–H and O–H groups in total. The van der Waals surface area contributed by atoms with E-state index in [2.05, 4.69) is 32.6 Å². The standard InChI is InChI=1S/C17H27NO3/c1-13(2)18(14(3)4)10-7-11-21-16-9-6-5-8-15(16)12-17(19)20/h5-6,8-9,13-14H,7,10-12H2,1-4H3,(H,19,20). The van der Waals surface area contributed by atoms with Gasteiger partial charge in [-0.05, 0) is 40.2 Å². The molecule has 0 radical (unpaired) electrons. The summed E-state index contributed by atoms with van der Waals surface area (Å²) in [6.45, 7) is 10.4. The third-order valence-corrected chi connectivity index (χ3v) is 3.46. The topological polar surface area (TPSA) is 49.8 Å². The second-order valence-corrected chi connectivity index (χ2v) is 5.81. The zero-order chi connectivity index (χ0) is 15.8. The molecule has 0 aliphatic heterocycles. The summed E-state index contributed by atoms with van der Waals surface area (Å²) in [5, 5.41) is 8.90. The van der Waals surface area contributed by atoms with Crippen LogP contribution in [0.1, 0.15) is 39.7 Å². The third-order valence-electron chi connectivity index (χ3n) is 3.46. The van der Waals surface area contributed by atoms with Gasteiger partial charge in [0, 0.05) is 24.2 Å². The lowest BCUT2D eigenvalue weighted by molar-refractivity contribution is -0.136. The molecule has 0 aliphatic rings. The second-order valence-electron chi connectivity index (χ2n) is 5.81. The van der Waals surface area contributed by atoms with E-state index in [1.165, 1.54) is 0 Å². The van der Waals surface area contributed by atoms with Crippen LogP contribution < -0.4 is 4.74 Å². The zero-order valence-electron chi connectivity index (χ0n) is 13.5. The average Bonchev–Trinajstić information content (AvgIpc) is 2.38. The van der Waals surface area contributed by atoms with Gasteiger partial charge >= 0.3 is 5.97 Å². The summed E-state index contributed by atoms with van der Waals surface area (Å²) < 4.78 is 5.76. The lowest BCUT2D eigenvalue weighted by atomic mass is 10.1. The minimum atomic E-state index is -0.836. The van der Waals surface area contributed by atoms with Gasteiger partial charge in [-0.1, -0.05) is 18.2 Å². The molecular weight excluding hydrogens is 266 g/mol. The van der Waals surface area contributed by atoms with Crippen LogP contribution in [0.25, 0.3) is 0 Å². The molecule has 4 heteroatoms. The number of rotatable bonds is 9. The fourth-order valence-electron chi connectivity index (χ4n) is 2.50. The highest BCUT2D eigenvalue weighted by Crippen LogP contribution is 2.19. The molecule has 0 atom stereocenters. The van der Waals surface area contributed by atoms with Crippen molar-refractivity contribution in [2.24, 2.45) is 0 Å². The van der Waals surface area contributed by atoms with Crippen molar-refractivity contribution in [2.75, 3.05) is 13.2 Å². The van der Waals surface area contributed by atoms with Crippen molar-refractivity contribution >= 4 is 5.97 Å². The van der Waals surface area contributed by atoms with Gasteiger partial charge in [-0.3, -0.25) is 9.69 Å². The number of benzene rings is 1. The van der Waals surface area contributed by atoms with Gasteiger partial charge in [0.05, 0.1) is 13.0 Å². The fourth-order valence-corrected chi connectivity index (χ4v) is 2.50. The van der Waals surface area contributed by atoms with Crippen LogP contribution >= 0.6 is 0 Å². The normalized spacial score (nSPS) is 11.4. The van der Waals surface area contributed by atoms with Crippen LogP contribution in [-0.2, 0) is 11.2 Å². The molecule has 0 fully saturated rings. The number of nitrogens with zero attached hydrogens (tertiary/aromatic N) is 1. The van der Waals surface area contributed by atoms with Crippen LogP contribution in [0.3, 0.4) is 0 Å². The summed E-state index contributed by atoms with van der Waals surface area (Å²) in [6.07, 6.45) is 0.929. The molecule has 0 heterocycles. The van der Waals surface area contributed by atoms with Crippen LogP contribution in [0.5, 0.6) is 5.75 Å². The molecule has 0 aliphatic carbocycles. The Kier molecular flexibility index (Phi) is 7.23. The SMILES string of the molecule is CC(C)N(CCCOc1ccccc1CC(=O)O)C(C)C. The maximum absolute atomic E-state index is 10.8. The molecule has 0 amide bonds. The van der Waals surface area contributed by atoms with Crippen LogP contribution in [-0.4, -0.2) is 41.2 Å². The first kappa shape index (κ1) is 17.5. The Bertz CT molecular complexity index is 435. The fraction of sp³-hybridized carbons (Fsp3) is 0.588. The number of carbonyl (C=O) groups is 1. The molecule has 21 heavy (non-hydrogen) atoms. The molecule has 0 bridgehead atoms. The molecule has 1 rings (SSSR count). The molecule has 0 saturated heterocycles. The van der Waals surface area contributed by atoms with Crippen molar-refractivity contribution in [3.63, 3.8) is 0 Å². The molecule has 0 spiro atoms. The summed E-state index contributed by atoms with van der Waals surface area (Å²) in [4.78, 5) is 13.3. The van der Waals surface area contributed by atoms with Crippen molar-refractivity contribution in [3.8, 4) is 5.75 Å². The maximum atomic E-state index is 10.8. The van der Waals surface area contributed by atoms with E-state index in [0.29, 0.717) is 24.4 Å². The van der Waals surface area contributed by atoms with Gasteiger partial charge in [-0.15, -0.1) is 0 Å². The van der Waals surface area contributed by atoms with Crippen LogP contribution in [0.15, 0.2) is 24.3 Å². The number of carboxylic acids is 1. The first-order valence-electron chi connectivity index (χ1n) is 7.60. The average molecular weight is 293 g/mol. The van der Waals surface area contributed by atoms with E-state index in [0.717, 1.165) is 18.5 Å². The molecule has 1 aromatic carbocycles. The molecule has 1 aromatic rings. The Labute approximate surface area is 127 Å². The molecule has 0 unspecified atom stereocenters. The molecule has 118 valence electrons. The van der Waals surface area contributed by atoms with E-state index in [4.69, 9.17) is 9.84 Å².